The molecule has 3 aromatic carbocycles. The van der Waals surface area contributed by atoms with Gasteiger partial charge in [0.1, 0.15) is 0 Å². The maximum atomic E-state index is 12.9. The first-order valence-corrected chi connectivity index (χ1v) is 9.56. The van der Waals surface area contributed by atoms with Gasteiger partial charge in [-0.1, -0.05) is 72.3 Å². The second kappa shape index (κ2) is 8.24. The molecule has 0 fully saturated rings. The molecule has 138 valence electrons. The van der Waals surface area contributed by atoms with Crippen molar-refractivity contribution in [1.29, 1.82) is 0 Å². The van der Waals surface area contributed by atoms with Crippen molar-refractivity contribution in [3.63, 3.8) is 0 Å². The van der Waals surface area contributed by atoms with Gasteiger partial charge in [0.25, 0.3) is 5.91 Å². The van der Waals surface area contributed by atoms with E-state index >= 15 is 0 Å². The van der Waals surface area contributed by atoms with Gasteiger partial charge in [0.05, 0.1) is 16.8 Å². The van der Waals surface area contributed by atoms with Gasteiger partial charge in [-0.3, -0.25) is 4.79 Å². The first kappa shape index (κ1) is 18.2. The standard InChI is InChI=1S/C24H19ClN2O/c25-19-12-10-18(11-13-19)23-16-21(20-8-4-5-9-22(20)27-23)24(28)26-15-14-17-6-2-1-3-7-17/h1-13,16H,14-15H2,(H,26,28). The number of benzene rings is 3. The smallest absolute Gasteiger partial charge is 0.252 e. The van der Waals surface area contributed by atoms with Gasteiger partial charge < -0.3 is 5.32 Å². The fourth-order valence-corrected chi connectivity index (χ4v) is 3.32. The number of hydrogen-bond acceptors (Lipinski definition) is 2. The Labute approximate surface area is 169 Å². The van der Waals surface area contributed by atoms with E-state index in [2.05, 4.69) is 17.4 Å². The number of aromatic nitrogens is 1. The molecule has 0 aliphatic heterocycles. The number of pyridine rings is 1. The van der Waals surface area contributed by atoms with Gasteiger partial charge in [-0.2, -0.15) is 0 Å². The molecule has 0 aliphatic rings. The molecule has 0 radical (unpaired) electrons. The number of para-hydroxylation sites is 1. The fourth-order valence-electron chi connectivity index (χ4n) is 3.19. The molecular weight excluding hydrogens is 368 g/mol. The van der Waals surface area contributed by atoms with Crippen LogP contribution in [0.3, 0.4) is 0 Å². The molecule has 4 rings (SSSR count). The zero-order valence-electron chi connectivity index (χ0n) is 15.2. The van der Waals surface area contributed by atoms with Gasteiger partial charge in [-0.05, 0) is 36.2 Å². The lowest BCUT2D eigenvalue weighted by Crippen LogP contribution is -2.26. The summed E-state index contributed by atoms with van der Waals surface area (Å²) in [4.78, 5) is 17.6. The summed E-state index contributed by atoms with van der Waals surface area (Å²) >= 11 is 6.00. The Morgan fingerprint density at radius 3 is 2.39 bits per heavy atom. The molecule has 1 N–H and O–H groups in total. The monoisotopic (exact) mass is 386 g/mol. The molecule has 1 aromatic heterocycles. The van der Waals surface area contributed by atoms with Crippen LogP contribution in [0.15, 0.2) is 84.9 Å². The number of halogens is 1. The molecular formula is C24H19ClN2O. The Hall–Kier alpha value is -3.17. The number of nitrogens with one attached hydrogen (secondary N) is 1. The van der Waals surface area contributed by atoms with Gasteiger partial charge in [-0.15, -0.1) is 0 Å². The SMILES string of the molecule is O=C(NCCc1ccccc1)c1cc(-c2ccc(Cl)cc2)nc2ccccc12. The van der Waals surface area contributed by atoms with Crippen LogP contribution < -0.4 is 5.32 Å². The molecule has 3 nitrogen and oxygen atoms in total. The lowest BCUT2D eigenvalue weighted by molar-refractivity contribution is 0.0956. The lowest BCUT2D eigenvalue weighted by atomic mass is 10.0. The first-order chi connectivity index (χ1) is 13.7. The van der Waals surface area contributed by atoms with Crippen molar-refractivity contribution < 1.29 is 4.79 Å². The summed E-state index contributed by atoms with van der Waals surface area (Å²) in [7, 11) is 0. The molecule has 0 unspecified atom stereocenters. The number of nitrogens with zero attached hydrogens (tertiary/aromatic N) is 1. The molecule has 0 saturated carbocycles. The van der Waals surface area contributed by atoms with Crippen LogP contribution in [0.4, 0.5) is 0 Å². The highest BCUT2D eigenvalue weighted by Gasteiger charge is 2.13. The van der Waals surface area contributed by atoms with Gasteiger partial charge in [0.2, 0.25) is 0 Å². The summed E-state index contributed by atoms with van der Waals surface area (Å²) in [5.41, 5.74) is 4.30. The number of carbonyl (C=O) groups is 1. The molecule has 0 saturated heterocycles. The third-order valence-electron chi connectivity index (χ3n) is 4.64. The van der Waals surface area contributed by atoms with Crippen molar-refractivity contribution >= 4 is 28.4 Å². The molecule has 0 spiro atoms. The minimum Gasteiger partial charge on any atom is -0.352 e. The highest BCUT2D eigenvalue weighted by atomic mass is 35.5. The van der Waals surface area contributed by atoms with Gasteiger partial charge in [0, 0.05) is 22.5 Å². The zero-order valence-corrected chi connectivity index (χ0v) is 16.0. The summed E-state index contributed by atoms with van der Waals surface area (Å²) in [5.74, 6) is -0.0928. The summed E-state index contributed by atoms with van der Waals surface area (Å²) < 4.78 is 0. The van der Waals surface area contributed by atoms with E-state index < -0.39 is 0 Å². The Morgan fingerprint density at radius 1 is 0.893 bits per heavy atom. The second-order valence-electron chi connectivity index (χ2n) is 6.57. The second-order valence-corrected chi connectivity index (χ2v) is 7.01. The van der Waals surface area contributed by atoms with Crippen molar-refractivity contribution in [2.45, 2.75) is 6.42 Å². The highest BCUT2D eigenvalue weighted by Crippen LogP contribution is 2.26. The van der Waals surface area contributed by atoms with Crippen molar-refractivity contribution in [2.75, 3.05) is 6.54 Å². The molecule has 1 amide bonds. The largest absolute Gasteiger partial charge is 0.352 e. The van der Waals surface area contributed by atoms with E-state index in [-0.39, 0.29) is 5.91 Å². The summed E-state index contributed by atoms with van der Waals surface area (Å²) in [5, 5.41) is 4.55. The van der Waals surface area contributed by atoms with Gasteiger partial charge >= 0.3 is 0 Å². The fraction of sp³-hybridized carbons (Fsp3) is 0.0833. The summed E-state index contributed by atoms with van der Waals surface area (Å²) in [6.45, 7) is 0.579. The quantitative estimate of drug-likeness (QED) is 0.490. The Morgan fingerprint density at radius 2 is 1.61 bits per heavy atom. The molecule has 1 heterocycles. The first-order valence-electron chi connectivity index (χ1n) is 9.18. The van der Waals surface area contributed by atoms with Crippen molar-refractivity contribution in [2.24, 2.45) is 0 Å². The van der Waals surface area contributed by atoms with E-state index in [1.165, 1.54) is 5.56 Å². The Bertz CT molecular complexity index is 1110. The van der Waals surface area contributed by atoms with Crippen molar-refractivity contribution in [1.82, 2.24) is 10.3 Å². The van der Waals surface area contributed by atoms with Crippen LogP contribution in [0.2, 0.25) is 5.02 Å². The number of hydrogen-bond donors (Lipinski definition) is 1. The van der Waals surface area contributed by atoms with Gasteiger partial charge in [-0.25, -0.2) is 4.98 Å². The van der Waals surface area contributed by atoms with Crippen LogP contribution in [0.25, 0.3) is 22.2 Å². The predicted octanol–water partition coefficient (Wildman–Crippen LogP) is 5.53. The number of fused-ring (bicyclic) bond motifs is 1. The maximum absolute atomic E-state index is 12.9. The van der Waals surface area contributed by atoms with E-state index in [1.54, 1.807) is 0 Å². The average molecular weight is 387 g/mol. The van der Waals surface area contributed by atoms with Crippen LogP contribution in [0.5, 0.6) is 0 Å². The maximum Gasteiger partial charge on any atom is 0.252 e. The molecule has 4 aromatic rings. The number of carbonyl (C=O) groups excluding carboxylic acids is 1. The van der Waals surface area contributed by atoms with Gasteiger partial charge in [0.15, 0.2) is 0 Å². The molecule has 0 atom stereocenters. The highest BCUT2D eigenvalue weighted by molar-refractivity contribution is 6.30. The topological polar surface area (TPSA) is 42.0 Å². The van der Waals surface area contributed by atoms with E-state index in [0.29, 0.717) is 17.1 Å². The van der Waals surface area contributed by atoms with Crippen molar-refractivity contribution in [3.8, 4) is 11.3 Å². The summed E-state index contributed by atoms with van der Waals surface area (Å²) in [6.07, 6.45) is 0.791. The van der Waals surface area contributed by atoms with Crippen LogP contribution in [0.1, 0.15) is 15.9 Å². The average Bonchev–Trinajstić information content (AvgIpc) is 2.74. The normalized spacial score (nSPS) is 10.8. The van der Waals surface area contributed by atoms with Crippen LogP contribution >= 0.6 is 11.6 Å². The van der Waals surface area contributed by atoms with E-state index in [1.807, 2.05) is 72.8 Å². The lowest BCUT2D eigenvalue weighted by Gasteiger charge is -2.11. The molecule has 0 bridgehead atoms. The van der Waals surface area contributed by atoms with E-state index in [0.717, 1.165) is 28.6 Å². The Kier molecular flexibility index (Phi) is 5.36. The summed E-state index contributed by atoms with van der Waals surface area (Å²) in [6, 6.07) is 27.2. The van der Waals surface area contributed by atoms with Crippen LogP contribution in [-0.2, 0) is 6.42 Å². The zero-order chi connectivity index (χ0) is 19.3. The third-order valence-corrected chi connectivity index (χ3v) is 4.89. The molecule has 0 aliphatic carbocycles. The third kappa shape index (κ3) is 4.05. The molecule has 28 heavy (non-hydrogen) atoms. The minimum atomic E-state index is -0.0928. The van der Waals surface area contributed by atoms with Crippen LogP contribution in [-0.4, -0.2) is 17.4 Å². The predicted molar refractivity (Wildman–Crippen MR) is 115 cm³/mol. The van der Waals surface area contributed by atoms with E-state index in [9.17, 15) is 4.79 Å². The number of amides is 1. The Balaban J connectivity index is 1.63. The van der Waals surface area contributed by atoms with Crippen molar-refractivity contribution in [3.05, 3.63) is 101 Å². The minimum absolute atomic E-state index is 0.0928. The van der Waals surface area contributed by atoms with E-state index in [4.69, 9.17) is 16.6 Å². The van der Waals surface area contributed by atoms with Crippen LogP contribution in [0, 0.1) is 0 Å². The number of rotatable bonds is 5. The molecule has 4 heteroatoms.